The Kier molecular flexibility index (Phi) is 7.91. The Morgan fingerprint density at radius 1 is 0.455 bits per heavy atom. The zero-order chi connectivity index (χ0) is 16.2. The Morgan fingerprint density at radius 2 is 0.727 bits per heavy atom. The van der Waals surface area contributed by atoms with E-state index in [9.17, 15) is 0 Å². The summed E-state index contributed by atoms with van der Waals surface area (Å²) in [6.45, 7) is 4.24. The lowest BCUT2D eigenvalue weighted by molar-refractivity contribution is 0.475. The largest absolute Gasteiger partial charge is 0.508 e. The van der Waals surface area contributed by atoms with E-state index in [1.54, 1.807) is 48.5 Å². The fourth-order valence-corrected chi connectivity index (χ4v) is 1.52. The fraction of sp³-hybridized carbons (Fsp3) is 0.100. The van der Waals surface area contributed by atoms with E-state index >= 15 is 0 Å². The molecule has 3 aromatic rings. The molecule has 0 spiro atoms. The third-order valence-electron chi connectivity index (χ3n) is 2.94. The van der Waals surface area contributed by atoms with Crippen LogP contribution in [-0.4, -0.2) is 10.2 Å². The van der Waals surface area contributed by atoms with Gasteiger partial charge in [-0.2, -0.15) is 0 Å². The zero-order valence-electron chi connectivity index (χ0n) is 13.0. The van der Waals surface area contributed by atoms with Crippen LogP contribution in [0.4, 0.5) is 0 Å². The predicted molar refractivity (Wildman–Crippen MR) is 92.1 cm³/mol. The van der Waals surface area contributed by atoms with E-state index in [2.05, 4.69) is 38.1 Å². The summed E-state index contributed by atoms with van der Waals surface area (Å²) < 4.78 is 0. The van der Waals surface area contributed by atoms with E-state index < -0.39 is 0 Å². The number of hydrogen-bond donors (Lipinski definition) is 2. The van der Waals surface area contributed by atoms with Gasteiger partial charge in [0.15, 0.2) is 0 Å². The lowest BCUT2D eigenvalue weighted by Gasteiger charge is -1.93. The van der Waals surface area contributed by atoms with E-state index in [4.69, 9.17) is 10.2 Å². The summed E-state index contributed by atoms with van der Waals surface area (Å²) in [6, 6.07) is 25.8. The van der Waals surface area contributed by atoms with Crippen LogP contribution in [0, 0.1) is 13.8 Å². The van der Waals surface area contributed by atoms with Crippen LogP contribution in [0.3, 0.4) is 0 Å². The van der Waals surface area contributed by atoms with Crippen molar-refractivity contribution in [1.82, 2.24) is 0 Å². The van der Waals surface area contributed by atoms with E-state index in [-0.39, 0.29) is 0 Å². The second-order valence-electron chi connectivity index (χ2n) is 4.76. The minimum absolute atomic E-state index is 0.322. The molecule has 0 bridgehead atoms. The molecule has 3 rings (SSSR count). The molecule has 2 N–H and O–H groups in total. The molecule has 0 aliphatic heterocycles. The molecule has 0 unspecified atom stereocenters. The lowest BCUT2D eigenvalue weighted by Crippen LogP contribution is -1.74. The van der Waals surface area contributed by atoms with Gasteiger partial charge >= 0.3 is 0 Å². The number of rotatable bonds is 0. The van der Waals surface area contributed by atoms with Gasteiger partial charge in [0.05, 0.1) is 0 Å². The third kappa shape index (κ3) is 7.75. The summed E-state index contributed by atoms with van der Waals surface area (Å²) in [5.74, 6) is 0.644. The molecule has 0 saturated carbocycles. The minimum atomic E-state index is 0.322. The molecule has 0 fully saturated rings. The second-order valence-corrected chi connectivity index (χ2v) is 4.76. The normalized spacial score (nSPS) is 8.82. The van der Waals surface area contributed by atoms with Crippen molar-refractivity contribution in [3.63, 3.8) is 0 Å². The highest BCUT2D eigenvalue weighted by molar-refractivity contribution is 5.23. The molecule has 2 nitrogen and oxygen atoms in total. The molecule has 0 atom stereocenters. The number of aryl methyl sites for hydroxylation is 2. The smallest absolute Gasteiger partial charge is 0.115 e. The van der Waals surface area contributed by atoms with E-state index in [0.29, 0.717) is 11.5 Å². The van der Waals surface area contributed by atoms with Gasteiger partial charge in [-0.05, 0) is 49.2 Å². The summed E-state index contributed by atoms with van der Waals surface area (Å²) in [7, 11) is 0. The first-order chi connectivity index (χ1) is 10.6. The topological polar surface area (TPSA) is 40.5 Å². The molecule has 0 heterocycles. The van der Waals surface area contributed by atoms with Gasteiger partial charge in [-0.3, -0.25) is 0 Å². The van der Waals surface area contributed by atoms with Crippen LogP contribution in [0.1, 0.15) is 11.1 Å². The van der Waals surface area contributed by atoms with Gasteiger partial charge in [0.25, 0.3) is 0 Å². The maximum Gasteiger partial charge on any atom is 0.115 e. The van der Waals surface area contributed by atoms with Crippen LogP contribution in [0.2, 0.25) is 0 Å². The number of aromatic hydroxyl groups is 2. The van der Waals surface area contributed by atoms with Crippen LogP contribution in [0.15, 0.2) is 84.9 Å². The van der Waals surface area contributed by atoms with Crippen molar-refractivity contribution in [1.29, 1.82) is 0 Å². The van der Waals surface area contributed by atoms with Crippen molar-refractivity contribution < 1.29 is 10.2 Å². The molecule has 0 saturated heterocycles. The molecule has 22 heavy (non-hydrogen) atoms. The first-order valence-corrected chi connectivity index (χ1v) is 7.10. The monoisotopic (exact) mass is 294 g/mol. The highest BCUT2D eigenvalue weighted by Gasteiger charge is 1.83. The summed E-state index contributed by atoms with van der Waals surface area (Å²) in [5, 5.41) is 17.3. The minimum Gasteiger partial charge on any atom is -0.508 e. The summed E-state index contributed by atoms with van der Waals surface area (Å²) in [6.07, 6.45) is 0. The molecule has 114 valence electrons. The van der Waals surface area contributed by atoms with Crippen molar-refractivity contribution in [2.24, 2.45) is 0 Å². The first kappa shape index (κ1) is 17.3. The van der Waals surface area contributed by atoms with Crippen molar-refractivity contribution in [3.05, 3.63) is 96.1 Å². The van der Waals surface area contributed by atoms with Gasteiger partial charge in [-0.15, -0.1) is 0 Å². The summed E-state index contributed by atoms with van der Waals surface area (Å²) >= 11 is 0. The van der Waals surface area contributed by atoms with E-state index in [0.717, 1.165) is 0 Å². The van der Waals surface area contributed by atoms with Crippen molar-refractivity contribution in [2.75, 3.05) is 0 Å². The van der Waals surface area contributed by atoms with Gasteiger partial charge in [0, 0.05) is 0 Å². The van der Waals surface area contributed by atoms with Crippen molar-refractivity contribution in [2.45, 2.75) is 13.8 Å². The van der Waals surface area contributed by atoms with Crippen LogP contribution in [0.5, 0.6) is 11.5 Å². The second kappa shape index (κ2) is 10.1. The summed E-state index contributed by atoms with van der Waals surface area (Å²) in [5.41, 5.74) is 2.74. The molecule has 0 radical (unpaired) electrons. The van der Waals surface area contributed by atoms with E-state index in [1.807, 2.05) is 12.1 Å². The Balaban J connectivity index is 0.000000166. The Morgan fingerprint density at radius 3 is 0.909 bits per heavy atom. The highest BCUT2D eigenvalue weighted by atomic mass is 16.3. The third-order valence-corrected chi connectivity index (χ3v) is 2.94. The number of para-hydroxylation sites is 2. The Bertz CT molecular complexity index is 576. The first-order valence-electron chi connectivity index (χ1n) is 7.10. The van der Waals surface area contributed by atoms with Gasteiger partial charge in [-0.25, -0.2) is 0 Å². The lowest BCUT2D eigenvalue weighted by atomic mass is 10.1. The maximum absolute atomic E-state index is 8.63. The standard InChI is InChI=1S/C8H10.2C6H6O/c1-7-5-3-4-6-8(7)2;2*7-6-4-2-1-3-5-6/h3-6H,1-2H3;2*1-5,7H. The van der Waals surface area contributed by atoms with Gasteiger partial charge in [0.2, 0.25) is 0 Å². The molecule has 3 aromatic carbocycles. The van der Waals surface area contributed by atoms with Crippen LogP contribution in [-0.2, 0) is 0 Å². The molecule has 0 aliphatic carbocycles. The number of phenols is 2. The van der Waals surface area contributed by atoms with Crippen molar-refractivity contribution in [3.8, 4) is 11.5 Å². The Hall–Kier alpha value is -2.74. The molecular weight excluding hydrogens is 272 g/mol. The van der Waals surface area contributed by atoms with Gasteiger partial charge < -0.3 is 10.2 Å². The van der Waals surface area contributed by atoms with E-state index in [1.165, 1.54) is 11.1 Å². The molecular formula is C20H22O2. The average molecular weight is 294 g/mol. The van der Waals surface area contributed by atoms with Gasteiger partial charge in [-0.1, -0.05) is 60.7 Å². The quantitative estimate of drug-likeness (QED) is 0.606. The van der Waals surface area contributed by atoms with Crippen LogP contribution >= 0.6 is 0 Å². The number of phenolic OH excluding ortho intramolecular Hbond substituents is 2. The SMILES string of the molecule is Cc1ccccc1C.Oc1ccccc1.Oc1ccccc1. The highest BCUT2D eigenvalue weighted by Crippen LogP contribution is 2.04. The van der Waals surface area contributed by atoms with Crippen molar-refractivity contribution >= 4 is 0 Å². The Labute approximate surface area is 132 Å². The fourth-order valence-electron chi connectivity index (χ4n) is 1.52. The molecule has 0 amide bonds. The van der Waals surface area contributed by atoms with Crippen LogP contribution < -0.4 is 0 Å². The molecule has 0 aliphatic rings. The van der Waals surface area contributed by atoms with Gasteiger partial charge in [0.1, 0.15) is 11.5 Å². The molecule has 2 heteroatoms. The predicted octanol–water partition coefficient (Wildman–Crippen LogP) is 5.09. The summed E-state index contributed by atoms with van der Waals surface area (Å²) in [4.78, 5) is 0. The van der Waals surface area contributed by atoms with Crippen LogP contribution in [0.25, 0.3) is 0 Å². The zero-order valence-corrected chi connectivity index (χ0v) is 13.0. The number of hydrogen-bond acceptors (Lipinski definition) is 2. The average Bonchev–Trinajstić information content (AvgIpc) is 2.53. The number of benzene rings is 3. The molecule has 0 aromatic heterocycles. The maximum atomic E-state index is 8.63.